The van der Waals surface area contributed by atoms with Crippen LogP contribution in [0.4, 0.5) is 0 Å². The Labute approximate surface area is 348 Å². The summed E-state index contributed by atoms with van der Waals surface area (Å²) in [5, 5.41) is 23.2. The molecule has 4 aliphatic heterocycles. The monoisotopic (exact) mass is 825 g/mol. The summed E-state index contributed by atoms with van der Waals surface area (Å²) >= 11 is 1.44. The molecule has 8 rings (SSSR count). The van der Waals surface area contributed by atoms with E-state index in [9.17, 15) is 19.8 Å². The number of amides is 2. The van der Waals surface area contributed by atoms with Crippen molar-refractivity contribution < 1.29 is 53.0 Å². The number of hydrogen-bond acceptors (Lipinski definition) is 12. The minimum absolute atomic E-state index is 0.00882. The molecule has 2 N–H and O–H groups in total. The minimum Gasteiger partial charge on any atom is -0.391 e. The largest absolute Gasteiger partial charge is 0.391 e. The first kappa shape index (κ1) is 41.7. The summed E-state index contributed by atoms with van der Waals surface area (Å²) in [6.07, 6.45) is -7.24. The third-order valence-electron chi connectivity index (χ3n) is 11.4. The number of ether oxygens (including phenoxy) is 7. The molecule has 0 aromatic heterocycles. The molecule has 0 spiro atoms. The number of carbonyl (C=O) groups excluding carboxylic acids is 2. The van der Waals surface area contributed by atoms with Gasteiger partial charge in [0.15, 0.2) is 0 Å². The van der Waals surface area contributed by atoms with Crippen LogP contribution in [0.5, 0.6) is 0 Å². The molecule has 4 aromatic rings. The van der Waals surface area contributed by atoms with E-state index in [0.717, 1.165) is 16.7 Å². The lowest BCUT2D eigenvalue weighted by molar-refractivity contribution is -0.389. The van der Waals surface area contributed by atoms with Gasteiger partial charge in [0.25, 0.3) is 11.8 Å². The number of thioether (sulfide) groups is 1. The maximum Gasteiger partial charge on any atom is 0.262 e. The van der Waals surface area contributed by atoms with E-state index in [1.54, 1.807) is 24.3 Å². The van der Waals surface area contributed by atoms with E-state index < -0.39 is 84.0 Å². The van der Waals surface area contributed by atoms with Gasteiger partial charge in [0, 0.05) is 0 Å². The Morgan fingerprint density at radius 2 is 1.27 bits per heavy atom. The van der Waals surface area contributed by atoms with E-state index in [2.05, 4.69) is 0 Å². The second-order valence-corrected chi connectivity index (χ2v) is 17.1. The zero-order valence-electron chi connectivity index (χ0n) is 33.3. The number of hydrogen-bond donors (Lipinski definition) is 2. The summed E-state index contributed by atoms with van der Waals surface area (Å²) in [4.78, 5) is 30.0. The predicted molar refractivity (Wildman–Crippen MR) is 218 cm³/mol. The number of fused-ring (bicyclic) bond motifs is 3. The van der Waals surface area contributed by atoms with Gasteiger partial charge < -0.3 is 43.4 Å². The standard InChI is InChI=1S/C46H51NO11S/c1-4-59-44-35(47-42(50)32-22-14-15-23-33(32)43(47)51)38(53-25-30-18-10-6-11-19-30)37(34(55-44)27-52-24-29-16-8-5-9-17-29)57-46(28-48)41(54-26-31-20-12-7-13-21-31)39-36(49)40(58-46)45(2,3)56-39/h5-23,34-41,44,48-49H,4,24-28H2,1-3H3/t34-,35-,36+,37-,38-,39-,40?,41+,44+,46-/m1/s1. The van der Waals surface area contributed by atoms with Crippen molar-refractivity contribution in [3.05, 3.63) is 143 Å². The summed E-state index contributed by atoms with van der Waals surface area (Å²) < 4.78 is 47.2. The van der Waals surface area contributed by atoms with E-state index in [1.807, 2.05) is 112 Å². The van der Waals surface area contributed by atoms with Gasteiger partial charge in [-0.3, -0.25) is 14.5 Å². The van der Waals surface area contributed by atoms with Crippen LogP contribution in [0.2, 0.25) is 0 Å². The average molecular weight is 826 g/mol. The molecule has 59 heavy (non-hydrogen) atoms. The highest BCUT2D eigenvalue weighted by Gasteiger charge is 2.67. The van der Waals surface area contributed by atoms with E-state index in [-0.39, 0.29) is 37.6 Å². The van der Waals surface area contributed by atoms with Gasteiger partial charge in [0.2, 0.25) is 5.79 Å². The fraction of sp³-hybridized carbons (Fsp3) is 0.435. The average Bonchev–Trinajstić information content (AvgIpc) is 3.59. The highest BCUT2D eigenvalue weighted by molar-refractivity contribution is 7.99. The summed E-state index contributed by atoms with van der Waals surface area (Å²) in [5.74, 6) is -2.31. The molecule has 0 saturated carbocycles. The van der Waals surface area contributed by atoms with Crippen LogP contribution < -0.4 is 0 Å². The summed E-state index contributed by atoms with van der Waals surface area (Å²) in [7, 11) is 0. The number of rotatable bonds is 16. The van der Waals surface area contributed by atoms with Gasteiger partial charge in [-0.1, -0.05) is 110 Å². The molecule has 2 amide bonds. The van der Waals surface area contributed by atoms with Crippen molar-refractivity contribution in [1.29, 1.82) is 0 Å². The Morgan fingerprint density at radius 1 is 0.729 bits per heavy atom. The Bertz CT molecular complexity index is 2010. The van der Waals surface area contributed by atoms with Crippen molar-refractivity contribution in [2.24, 2.45) is 0 Å². The molecular formula is C46H51NO11S. The van der Waals surface area contributed by atoms with Crippen molar-refractivity contribution in [2.45, 2.75) is 106 Å². The zero-order valence-corrected chi connectivity index (χ0v) is 34.1. The molecule has 0 aliphatic carbocycles. The summed E-state index contributed by atoms with van der Waals surface area (Å²) in [6.45, 7) is 5.33. The van der Waals surface area contributed by atoms with Crippen LogP contribution in [0.3, 0.4) is 0 Å². The molecule has 4 heterocycles. The smallest absolute Gasteiger partial charge is 0.262 e. The lowest BCUT2D eigenvalue weighted by Gasteiger charge is -2.53. The van der Waals surface area contributed by atoms with Crippen LogP contribution in [0.15, 0.2) is 115 Å². The van der Waals surface area contributed by atoms with Gasteiger partial charge in [0.05, 0.1) is 43.2 Å². The number of aliphatic hydroxyl groups excluding tert-OH is 2. The molecule has 4 aliphatic rings. The van der Waals surface area contributed by atoms with Gasteiger partial charge in [-0.15, -0.1) is 11.8 Å². The SMILES string of the molecule is CCS[C@@H]1O[C@H](COCc2ccccc2)[C@@H](O[C@]2(CO)OC3[C@@H](O)[C@@H](OC3(C)C)[C@@H]2OCc2ccccc2)[C@H](OCc2ccccc2)[C@H]1N1C(=O)c2ccccc2C1=O. The van der Waals surface area contributed by atoms with Crippen LogP contribution in [-0.2, 0) is 53.0 Å². The molecule has 3 saturated heterocycles. The molecule has 10 atom stereocenters. The second-order valence-electron chi connectivity index (χ2n) is 15.8. The summed E-state index contributed by atoms with van der Waals surface area (Å²) in [6, 6.07) is 34.5. The lowest BCUT2D eigenvalue weighted by atomic mass is 9.89. The Morgan fingerprint density at radius 3 is 1.83 bits per heavy atom. The zero-order chi connectivity index (χ0) is 41.1. The number of nitrogens with zero attached hydrogens (tertiary/aromatic N) is 1. The van der Waals surface area contributed by atoms with Gasteiger partial charge in [-0.2, -0.15) is 0 Å². The van der Waals surface area contributed by atoms with Crippen LogP contribution in [-0.4, -0.2) is 111 Å². The molecular weight excluding hydrogens is 775 g/mol. The number of benzene rings is 4. The third-order valence-corrected chi connectivity index (χ3v) is 12.5. The topological polar surface area (TPSA) is 142 Å². The first-order valence-corrected chi connectivity index (χ1v) is 21.2. The normalized spacial score (nSPS) is 31.1. The maximum atomic E-state index is 14.4. The fourth-order valence-electron chi connectivity index (χ4n) is 8.57. The molecule has 1 unspecified atom stereocenters. The fourth-order valence-corrected chi connectivity index (χ4v) is 9.60. The lowest BCUT2D eigenvalue weighted by Crippen LogP contribution is -2.71. The van der Waals surface area contributed by atoms with Crippen LogP contribution in [0, 0.1) is 0 Å². The molecule has 2 bridgehead atoms. The Balaban J connectivity index is 1.22. The number of carbonyl (C=O) groups is 2. The van der Waals surface area contributed by atoms with Gasteiger partial charge in [0.1, 0.15) is 60.8 Å². The van der Waals surface area contributed by atoms with Gasteiger partial charge in [-0.05, 0) is 48.4 Å². The minimum atomic E-state index is -1.95. The first-order chi connectivity index (χ1) is 28.6. The molecule has 0 radical (unpaired) electrons. The molecule has 3 fully saturated rings. The van der Waals surface area contributed by atoms with Crippen LogP contribution in [0.25, 0.3) is 0 Å². The van der Waals surface area contributed by atoms with E-state index in [4.69, 9.17) is 33.2 Å². The number of aliphatic hydroxyl groups is 2. The predicted octanol–water partition coefficient (Wildman–Crippen LogP) is 5.53. The second kappa shape index (κ2) is 17.9. The summed E-state index contributed by atoms with van der Waals surface area (Å²) in [5.41, 5.74) is 1.45. The maximum absolute atomic E-state index is 14.4. The van der Waals surface area contributed by atoms with Crippen LogP contribution >= 0.6 is 11.8 Å². The first-order valence-electron chi connectivity index (χ1n) is 20.1. The third kappa shape index (κ3) is 8.38. The molecule has 13 heteroatoms. The Hall–Kier alpha value is -3.99. The Kier molecular flexibility index (Phi) is 12.7. The molecule has 4 aromatic carbocycles. The van der Waals surface area contributed by atoms with Crippen LogP contribution in [0.1, 0.15) is 58.2 Å². The van der Waals surface area contributed by atoms with E-state index in [1.165, 1.54) is 16.7 Å². The quantitative estimate of drug-likeness (QED) is 0.137. The van der Waals surface area contributed by atoms with Crippen molar-refractivity contribution in [3.8, 4) is 0 Å². The van der Waals surface area contributed by atoms with Gasteiger partial charge >= 0.3 is 0 Å². The molecule has 12 nitrogen and oxygen atoms in total. The van der Waals surface area contributed by atoms with Crippen molar-refractivity contribution in [3.63, 3.8) is 0 Å². The van der Waals surface area contributed by atoms with E-state index in [0.29, 0.717) is 5.75 Å². The van der Waals surface area contributed by atoms with Crippen molar-refractivity contribution in [1.82, 2.24) is 4.90 Å². The highest BCUT2D eigenvalue weighted by atomic mass is 32.2. The molecule has 312 valence electrons. The van der Waals surface area contributed by atoms with Gasteiger partial charge in [-0.25, -0.2) is 0 Å². The van der Waals surface area contributed by atoms with Crippen molar-refractivity contribution in [2.75, 3.05) is 19.0 Å². The highest BCUT2D eigenvalue weighted by Crippen LogP contribution is 2.48. The van der Waals surface area contributed by atoms with E-state index >= 15 is 0 Å². The van der Waals surface area contributed by atoms with Crippen molar-refractivity contribution >= 4 is 23.6 Å². The number of imide groups is 1.